The molecule has 1 atom stereocenters. The molecule has 0 saturated carbocycles. The van der Waals surface area contributed by atoms with Crippen molar-refractivity contribution in [2.75, 3.05) is 27.2 Å². The first-order valence-corrected chi connectivity index (χ1v) is 8.54. The molecule has 0 radical (unpaired) electrons. The molecule has 0 heterocycles. The summed E-state index contributed by atoms with van der Waals surface area (Å²) in [5.41, 5.74) is 1.96. The molecule has 2 aromatic rings. The summed E-state index contributed by atoms with van der Waals surface area (Å²) >= 11 is 0. The maximum absolute atomic E-state index is 12.2. The van der Waals surface area contributed by atoms with Gasteiger partial charge in [-0.1, -0.05) is 60.7 Å². The van der Waals surface area contributed by atoms with Gasteiger partial charge >= 0.3 is 0 Å². The fourth-order valence-corrected chi connectivity index (χ4v) is 2.49. The van der Waals surface area contributed by atoms with Crippen LogP contribution >= 0.6 is 0 Å². The number of nitrogens with one attached hydrogen (secondary N) is 2. The second kappa shape index (κ2) is 10.2. The Balaban J connectivity index is 1.85. The smallest absolute Gasteiger partial charge is 0.244 e. The number of likely N-dealkylation sites (N-methyl/N-ethyl adjacent to an activating group) is 1. The van der Waals surface area contributed by atoms with Crippen LogP contribution < -0.4 is 10.6 Å². The third kappa shape index (κ3) is 6.91. The molecule has 2 aromatic carbocycles. The normalized spacial score (nSPS) is 12.1. The number of amides is 2. The lowest BCUT2D eigenvalue weighted by molar-refractivity contribution is -0.124. The highest BCUT2D eigenvalue weighted by Gasteiger charge is 2.15. The van der Waals surface area contributed by atoms with Gasteiger partial charge in [0.05, 0.1) is 12.6 Å². The average molecular weight is 351 g/mol. The molecule has 0 saturated heterocycles. The third-order valence-electron chi connectivity index (χ3n) is 3.73. The van der Waals surface area contributed by atoms with Crippen molar-refractivity contribution >= 4 is 17.9 Å². The van der Waals surface area contributed by atoms with Gasteiger partial charge in [0.2, 0.25) is 11.8 Å². The first kappa shape index (κ1) is 19.4. The minimum atomic E-state index is -0.298. The molecule has 26 heavy (non-hydrogen) atoms. The zero-order chi connectivity index (χ0) is 18.8. The Morgan fingerprint density at radius 3 is 2.23 bits per heavy atom. The minimum absolute atomic E-state index is 0.0608. The summed E-state index contributed by atoms with van der Waals surface area (Å²) in [7, 11) is 3.91. The third-order valence-corrected chi connectivity index (χ3v) is 3.73. The van der Waals surface area contributed by atoms with E-state index in [0.717, 1.165) is 11.1 Å². The number of benzene rings is 2. The van der Waals surface area contributed by atoms with Crippen molar-refractivity contribution in [1.29, 1.82) is 0 Å². The van der Waals surface area contributed by atoms with Gasteiger partial charge < -0.3 is 15.5 Å². The first-order valence-electron chi connectivity index (χ1n) is 8.54. The highest BCUT2D eigenvalue weighted by molar-refractivity contribution is 5.94. The predicted octanol–water partition coefficient (Wildman–Crippen LogP) is 2.24. The van der Waals surface area contributed by atoms with Crippen LogP contribution in [0.15, 0.2) is 66.7 Å². The van der Waals surface area contributed by atoms with Crippen LogP contribution in [0.2, 0.25) is 0 Å². The first-order chi connectivity index (χ1) is 12.5. The van der Waals surface area contributed by atoms with E-state index in [1.807, 2.05) is 79.7 Å². The Labute approximate surface area is 154 Å². The highest BCUT2D eigenvalue weighted by atomic mass is 16.2. The van der Waals surface area contributed by atoms with Crippen LogP contribution in [0, 0.1) is 0 Å². The van der Waals surface area contributed by atoms with Crippen molar-refractivity contribution in [1.82, 2.24) is 15.5 Å². The van der Waals surface area contributed by atoms with E-state index in [4.69, 9.17) is 0 Å². The molecule has 0 aliphatic heterocycles. The van der Waals surface area contributed by atoms with E-state index in [-0.39, 0.29) is 24.4 Å². The fraction of sp³-hybridized carbons (Fsp3) is 0.238. The highest BCUT2D eigenvalue weighted by Crippen LogP contribution is 2.13. The van der Waals surface area contributed by atoms with Crippen molar-refractivity contribution < 1.29 is 9.59 Å². The molecule has 0 unspecified atom stereocenters. The van der Waals surface area contributed by atoms with Gasteiger partial charge in [0, 0.05) is 12.6 Å². The quantitative estimate of drug-likeness (QED) is 0.717. The summed E-state index contributed by atoms with van der Waals surface area (Å²) in [4.78, 5) is 26.1. The largest absolute Gasteiger partial charge is 0.346 e. The van der Waals surface area contributed by atoms with Gasteiger partial charge in [-0.05, 0) is 31.3 Å². The van der Waals surface area contributed by atoms with E-state index >= 15 is 0 Å². The molecule has 0 aliphatic rings. The number of hydrogen-bond acceptors (Lipinski definition) is 3. The van der Waals surface area contributed by atoms with Crippen LogP contribution in [0.25, 0.3) is 6.08 Å². The van der Waals surface area contributed by atoms with E-state index in [2.05, 4.69) is 10.6 Å². The molecule has 0 fully saturated rings. The van der Waals surface area contributed by atoms with Gasteiger partial charge in [-0.15, -0.1) is 0 Å². The topological polar surface area (TPSA) is 61.4 Å². The molecule has 0 aliphatic carbocycles. The number of carbonyl (C=O) groups is 2. The lowest BCUT2D eigenvalue weighted by Crippen LogP contribution is -2.41. The van der Waals surface area contributed by atoms with E-state index in [1.165, 1.54) is 6.08 Å². The maximum Gasteiger partial charge on any atom is 0.244 e. The van der Waals surface area contributed by atoms with Crippen molar-refractivity contribution in [3.63, 3.8) is 0 Å². The lowest BCUT2D eigenvalue weighted by atomic mass is 10.1. The summed E-state index contributed by atoms with van der Waals surface area (Å²) in [5, 5.41) is 5.59. The Bertz CT molecular complexity index is 727. The Kier molecular flexibility index (Phi) is 7.58. The molecule has 0 bridgehead atoms. The zero-order valence-corrected chi connectivity index (χ0v) is 15.2. The van der Waals surface area contributed by atoms with Gasteiger partial charge in [-0.25, -0.2) is 0 Å². The van der Waals surface area contributed by atoms with Crippen LogP contribution in [0.4, 0.5) is 0 Å². The second-order valence-electron chi connectivity index (χ2n) is 6.25. The van der Waals surface area contributed by atoms with E-state index in [9.17, 15) is 9.59 Å². The summed E-state index contributed by atoms with van der Waals surface area (Å²) in [5.74, 6) is -0.518. The molecule has 136 valence electrons. The van der Waals surface area contributed by atoms with Crippen LogP contribution in [0.5, 0.6) is 0 Å². The minimum Gasteiger partial charge on any atom is -0.346 e. The molecule has 2 rings (SSSR count). The number of carbonyl (C=O) groups excluding carboxylic acids is 2. The second-order valence-corrected chi connectivity index (χ2v) is 6.25. The molecular formula is C21H25N3O2. The van der Waals surface area contributed by atoms with E-state index in [0.29, 0.717) is 6.54 Å². The zero-order valence-electron chi connectivity index (χ0n) is 15.2. The lowest BCUT2D eigenvalue weighted by Gasteiger charge is -2.23. The van der Waals surface area contributed by atoms with Crippen molar-refractivity contribution in [3.8, 4) is 0 Å². The summed E-state index contributed by atoms with van der Waals surface area (Å²) in [6, 6.07) is 19.2. The molecule has 0 spiro atoms. The van der Waals surface area contributed by atoms with Crippen molar-refractivity contribution in [2.24, 2.45) is 0 Å². The monoisotopic (exact) mass is 351 g/mol. The van der Waals surface area contributed by atoms with Crippen LogP contribution in [0.1, 0.15) is 17.2 Å². The molecule has 2 N–H and O–H groups in total. The molecular weight excluding hydrogens is 326 g/mol. The van der Waals surface area contributed by atoms with Crippen LogP contribution in [0.3, 0.4) is 0 Å². The number of nitrogens with zero attached hydrogens (tertiary/aromatic N) is 1. The van der Waals surface area contributed by atoms with Gasteiger partial charge in [-0.2, -0.15) is 0 Å². The van der Waals surface area contributed by atoms with Crippen molar-refractivity contribution in [2.45, 2.75) is 6.04 Å². The molecule has 2 amide bonds. The SMILES string of the molecule is CN(C)C[C@@H](NC(=O)CNC(=O)/C=C/c1ccccc1)c1ccccc1. The van der Waals surface area contributed by atoms with Gasteiger partial charge in [0.25, 0.3) is 0 Å². The Hall–Kier alpha value is -2.92. The Morgan fingerprint density at radius 2 is 1.62 bits per heavy atom. The predicted molar refractivity (Wildman–Crippen MR) is 104 cm³/mol. The number of rotatable bonds is 8. The fourth-order valence-electron chi connectivity index (χ4n) is 2.49. The number of hydrogen-bond donors (Lipinski definition) is 2. The van der Waals surface area contributed by atoms with E-state index in [1.54, 1.807) is 6.08 Å². The van der Waals surface area contributed by atoms with Crippen molar-refractivity contribution in [3.05, 3.63) is 77.9 Å². The maximum atomic E-state index is 12.2. The van der Waals surface area contributed by atoms with Gasteiger partial charge in [0.1, 0.15) is 0 Å². The summed E-state index contributed by atoms with van der Waals surface area (Å²) < 4.78 is 0. The molecule has 0 aromatic heterocycles. The van der Waals surface area contributed by atoms with Crippen LogP contribution in [-0.2, 0) is 9.59 Å². The average Bonchev–Trinajstić information content (AvgIpc) is 2.65. The molecule has 5 heteroatoms. The summed E-state index contributed by atoms with van der Waals surface area (Å²) in [6.45, 7) is 0.617. The van der Waals surface area contributed by atoms with Gasteiger partial charge in [-0.3, -0.25) is 9.59 Å². The summed E-state index contributed by atoms with van der Waals surface area (Å²) in [6.07, 6.45) is 3.14. The standard InChI is InChI=1S/C21H25N3O2/c1-24(2)16-19(18-11-7-4-8-12-18)23-21(26)15-22-20(25)14-13-17-9-5-3-6-10-17/h3-14,19H,15-16H2,1-2H3,(H,22,25)(H,23,26)/b14-13+/t19-/m1/s1. The Morgan fingerprint density at radius 1 is 1.00 bits per heavy atom. The van der Waals surface area contributed by atoms with E-state index < -0.39 is 0 Å². The van der Waals surface area contributed by atoms with Crippen LogP contribution in [-0.4, -0.2) is 43.9 Å². The van der Waals surface area contributed by atoms with Gasteiger partial charge in [0.15, 0.2) is 0 Å². The molecule has 5 nitrogen and oxygen atoms in total.